The van der Waals surface area contributed by atoms with E-state index in [9.17, 15) is 9.59 Å². The van der Waals surface area contributed by atoms with Crippen molar-refractivity contribution in [3.05, 3.63) is 54.1 Å². The van der Waals surface area contributed by atoms with Crippen molar-refractivity contribution >= 4 is 17.6 Å². The molecule has 0 aliphatic rings. The Kier molecular flexibility index (Phi) is 6.37. The maximum Gasteiger partial charge on any atom is 0.343 e. The van der Waals surface area contributed by atoms with E-state index in [0.717, 1.165) is 18.6 Å². The summed E-state index contributed by atoms with van der Waals surface area (Å²) in [5.41, 5.74) is 1.01. The van der Waals surface area contributed by atoms with Gasteiger partial charge in [-0.25, -0.2) is 4.79 Å². The molecule has 0 atom stereocenters. The molecule has 24 heavy (non-hydrogen) atoms. The number of hydrogen-bond acceptors (Lipinski definition) is 4. The highest BCUT2D eigenvalue weighted by atomic mass is 16.5. The molecule has 0 unspecified atom stereocenters. The van der Waals surface area contributed by atoms with Crippen molar-refractivity contribution in [1.29, 1.82) is 0 Å². The molecule has 0 spiro atoms. The van der Waals surface area contributed by atoms with E-state index in [4.69, 9.17) is 9.47 Å². The lowest BCUT2D eigenvalue weighted by Crippen LogP contribution is -2.09. The smallest absolute Gasteiger partial charge is 0.343 e. The molecule has 5 heteroatoms. The quantitative estimate of drug-likeness (QED) is 0.473. The van der Waals surface area contributed by atoms with Gasteiger partial charge in [-0.15, -0.1) is 0 Å². The van der Waals surface area contributed by atoms with E-state index in [1.54, 1.807) is 48.5 Å². The van der Waals surface area contributed by atoms with E-state index in [1.165, 1.54) is 6.92 Å². The lowest BCUT2D eigenvalue weighted by atomic mass is 10.2. The van der Waals surface area contributed by atoms with E-state index in [0.29, 0.717) is 23.6 Å². The average Bonchev–Trinajstić information content (AvgIpc) is 2.55. The second kappa shape index (κ2) is 8.72. The normalized spacial score (nSPS) is 10.1. The number of carbonyl (C=O) groups is 2. The molecular weight excluding hydrogens is 306 g/mol. The minimum Gasteiger partial charge on any atom is -0.494 e. The topological polar surface area (TPSA) is 64.6 Å². The van der Waals surface area contributed by atoms with Crippen LogP contribution in [0.2, 0.25) is 0 Å². The molecule has 0 fully saturated rings. The van der Waals surface area contributed by atoms with Gasteiger partial charge in [-0.1, -0.05) is 19.4 Å². The molecule has 0 aromatic heterocycles. The number of anilines is 1. The number of nitrogens with one attached hydrogen (secondary N) is 1. The predicted molar refractivity (Wildman–Crippen MR) is 92.5 cm³/mol. The van der Waals surface area contributed by atoms with Crippen molar-refractivity contribution in [1.82, 2.24) is 0 Å². The molecule has 0 saturated carbocycles. The summed E-state index contributed by atoms with van der Waals surface area (Å²) in [5, 5.41) is 2.64. The van der Waals surface area contributed by atoms with Crippen LogP contribution >= 0.6 is 0 Å². The fourth-order valence-electron chi connectivity index (χ4n) is 2.03. The second-order valence-electron chi connectivity index (χ2n) is 5.32. The Morgan fingerprint density at radius 2 is 1.79 bits per heavy atom. The van der Waals surface area contributed by atoms with Crippen molar-refractivity contribution in [3.63, 3.8) is 0 Å². The number of benzene rings is 2. The van der Waals surface area contributed by atoms with Gasteiger partial charge < -0.3 is 14.8 Å². The van der Waals surface area contributed by atoms with Crippen LogP contribution < -0.4 is 14.8 Å². The molecule has 126 valence electrons. The van der Waals surface area contributed by atoms with Crippen LogP contribution in [0.3, 0.4) is 0 Å². The Morgan fingerprint density at radius 1 is 1.04 bits per heavy atom. The van der Waals surface area contributed by atoms with Gasteiger partial charge in [-0.05, 0) is 42.8 Å². The molecular formula is C19H21NO4. The van der Waals surface area contributed by atoms with Crippen LogP contribution in [0.5, 0.6) is 11.5 Å². The highest BCUT2D eigenvalue weighted by Gasteiger charge is 2.09. The predicted octanol–water partition coefficient (Wildman–Crippen LogP) is 4.04. The Labute approximate surface area is 141 Å². The number of unbranched alkanes of at least 4 members (excludes halogenated alkanes) is 1. The third-order valence-corrected chi connectivity index (χ3v) is 3.22. The Hall–Kier alpha value is -2.82. The number of amides is 1. The summed E-state index contributed by atoms with van der Waals surface area (Å²) in [6.07, 6.45) is 2.07. The van der Waals surface area contributed by atoms with Gasteiger partial charge in [0.25, 0.3) is 0 Å². The molecule has 0 radical (unpaired) electrons. The monoisotopic (exact) mass is 327 g/mol. The number of hydrogen-bond donors (Lipinski definition) is 1. The molecule has 0 saturated heterocycles. The van der Waals surface area contributed by atoms with E-state index in [-0.39, 0.29) is 5.91 Å². The first-order valence-electron chi connectivity index (χ1n) is 7.91. The summed E-state index contributed by atoms with van der Waals surface area (Å²) in [6.45, 7) is 4.18. The summed E-state index contributed by atoms with van der Waals surface area (Å²) < 4.78 is 10.9. The number of ether oxygens (including phenoxy) is 2. The molecule has 0 aliphatic heterocycles. The van der Waals surface area contributed by atoms with Crippen molar-refractivity contribution in [2.75, 3.05) is 11.9 Å². The first kappa shape index (κ1) is 17.5. The van der Waals surface area contributed by atoms with Crippen LogP contribution in [-0.2, 0) is 4.79 Å². The van der Waals surface area contributed by atoms with Crippen LogP contribution in [0.1, 0.15) is 37.0 Å². The van der Waals surface area contributed by atoms with Gasteiger partial charge in [-0.2, -0.15) is 0 Å². The maximum atomic E-state index is 12.2. The summed E-state index contributed by atoms with van der Waals surface area (Å²) >= 11 is 0. The number of esters is 1. The van der Waals surface area contributed by atoms with Gasteiger partial charge in [0.05, 0.1) is 12.2 Å². The molecule has 1 amide bonds. The van der Waals surface area contributed by atoms with Gasteiger partial charge in [0.1, 0.15) is 11.5 Å². The Morgan fingerprint density at radius 3 is 2.46 bits per heavy atom. The molecule has 0 bridgehead atoms. The van der Waals surface area contributed by atoms with Crippen LogP contribution in [0, 0.1) is 0 Å². The zero-order chi connectivity index (χ0) is 17.4. The third-order valence-electron chi connectivity index (χ3n) is 3.22. The van der Waals surface area contributed by atoms with E-state index < -0.39 is 5.97 Å². The fraction of sp³-hybridized carbons (Fsp3) is 0.263. The highest BCUT2D eigenvalue weighted by molar-refractivity contribution is 5.92. The molecule has 1 N–H and O–H groups in total. The lowest BCUT2D eigenvalue weighted by Gasteiger charge is -2.08. The molecule has 2 aromatic carbocycles. The van der Waals surface area contributed by atoms with Crippen LogP contribution in [-0.4, -0.2) is 18.5 Å². The summed E-state index contributed by atoms with van der Waals surface area (Å²) in [4.78, 5) is 23.2. The largest absolute Gasteiger partial charge is 0.494 e. The standard InChI is InChI=1S/C19H21NO4/c1-3-4-12-23-17-10-8-15(9-11-17)19(22)24-18-7-5-6-16(13-18)20-14(2)21/h5-11,13H,3-4,12H2,1-2H3,(H,20,21). The van der Waals surface area contributed by atoms with E-state index >= 15 is 0 Å². The first-order valence-corrected chi connectivity index (χ1v) is 7.91. The number of carbonyl (C=O) groups excluding carboxylic acids is 2. The van der Waals surface area contributed by atoms with Crippen molar-refractivity contribution in [2.45, 2.75) is 26.7 Å². The minimum atomic E-state index is -0.463. The van der Waals surface area contributed by atoms with Gasteiger partial charge >= 0.3 is 5.97 Å². The van der Waals surface area contributed by atoms with Crippen molar-refractivity contribution in [2.24, 2.45) is 0 Å². The zero-order valence-corrected chi connectivity index (χ0v) is 13.9. The maximum absolute atomic E-state index is 12.2. The number of rotatable bonds is 7. The van der Waals surface area contributed by atoms with Gasteiger partial charge in [0.2, 0.25) is 5.91 Å². The van der Waals surface area contributed by atoms with Crippen molar-refractivity contribution in [3.8, 4) is 11.5 Å². The third kappa shape index (κ3) is 5.43. The van der Waals surface area contributed by atoms with Crippen molar-refractivity contribution < 1.29 is 19.1 Å². The van der Waals surface area contributed by atoms with Gasteiger partial charge in [0, 0.05) is 18.7 Å². The Balaban J connectivity index is 1.98. The highest BCUT2D eigenvalue weighted by Crippen LogP contribution is 2.19. The van der Waals surface area contributed by atoms with Gasteiger partial charge in [0.15, 0.2) is 0 Å². The summed E-state index contributed by atoms with van der Waals surface area (Å²) in [6, 6.07) is 13.5. The Bertz CT molecular complexity index is 695. The molecule has 0 aliphatic carbocycles. The molecule has 5 nitrogen and oxygen atoms in total. The first-order chi connectivity index (χ1) is 11.6. The van der Waals surface area contributed by atoms with Crippen LogP contribution in [0.15, 0.2) is 48.5 Å². The second-order valence-corrected chi connectivity index (χ2v) is 5.32. The molecule has 2 aromatic rings. The molecule has 2 rings (SSSR count). The van der Waals surface area contributed by atoms with E-state index in [2.05, 4.69) is 12.2 Å². The molecule has 0 heterocycles. The minimum absolute atomic E-state index is 0.183. The van der Waals surface area contributed by atoms with E-state index in [1.807, 2.05) is 0 Å². The van der Waals surface area contributed by atoms with Crippen LogP contribution in [0.25, 0.3) is 0 Å². The lowest BCUT2D eigenvalue weighted by molar-refractivity contribution is -0.114. The average molecular weight is 327 g/mol. The fourth-order valence-corrected chi connectivity index (χ4v) is 2.03. The summed E-state index contributed by atoms with van der Waals surface area (Å²) in [7, 11) is 0. The van der Waals surface area contributed by atoms with Crippen LogP contribution in [0.4, 0.5) is 5.69 Å². The summed E-state index contributed by atoms with van der Waals surface area (Å²) in [5.74, 6) is 0.453. The zero-order valence-electron chi connectivity index (χ0n) is 13.9. The van der Waals surface area contributed by atoms with Gasteiger partial charge in [-0.3, -0.25) is 4.79 Å². The SMILES string of the molecule is CCCCOc1ccc(C(=O)Oc2cccc(NC(C)=O)c2)cc1.